The number of unbranched alkanes of at least 4 members (excludes halogenated alkanes) is 1. The molecule has 4 heterocycles. The molecule has 2 amide bonds. The van der Waals surface area contributed by atoms with Crippen LogP contribution in [0.1, 0.15) is 54.9 Å². The molecule has 12 nitrogen and oxygen atoms in total. The Hall–Kier alpha value is -5.08. The minimum Gasteiger partial charge on any atom is -0.492 e. The molecule has 52 heavy (non-hydrogen) atoms. The number of nitrogens with one attached hydrogen (secondary N) is 2. The lowest BCUT2D eigenvalue weighted by Crippen LogP contribution is -2.49. The SMILES string of the molecule is CCCCC(COc1ccc(C)cc1)NC1CCN(C(=O)Cn2cc(NC(=O)c3cnn4cccnc34)c(-c3cc(Cl)ccc3OC(F)F)n2)CC1. The Morgan fingerprint density at radius 3 is 2.65 bits per heavy atom. The van der Waals surface area contributed by atoms with Crippen LogP contribution in [0.25, 0.3) is 16.9 Å². The number of hydrogen-bond acceptors (Lipinski definition) is 8. The molecule has 0 saturated carbocycles. The maximum absolute atomic E-state index is 13.6. The van der Waals surface area contributed by atoms with Gasteiger partial charge in [0, 0.05) is 54.3 Å². The van der Waals surface area contributed by atoms with E-state index in [4.69, 9.17) is 21.1 Å². The zero-order valence-electron chi connectivity index (χ0n) is 29.0. The summed E-state index contributed by atoms with van der Waals surface area (Å²) in [6.45, 7) is 2.62. The summed E-state index contributed by atoms with van der Waals surface area (Å²) >= 11 is 6.26. The van der Waals surface area contributed by atoms with Crippen LogP contribution in [0.3, 0.4) is 0 Å². The maximum atomic E-state index is 13.6. The molecule has 2 N–H and O–H groups in total. The quantitative estimate of drug-likeness (QED) is 0.123. The van der Waals surface area contributed by atoms with Crippen LogP contribution in [0.5, 0.6) is 11.5 Å². The molecule has 0 bridgehead atoms. The predicted octanol–water partition coefficient (Wildman–Crippen LogP) is 6.63. The van der Waals surface area contributed by atoms with Crippen molar-refractivity contribution in [3.05, 3.63) is 89.5 Å². The molecule has 1 saturated heterocycles. The number of likely N-dealkylation sites (tertiary alicyclic amines) is 1. The Morgan fingerprint density at radius 1 is 1.12 bits per heavy atom. The van der Waals surface area contributed by atoms with Crippen LogP contribution in [0.15, 0.2) is 73.3 Å². The van der Waals surface area contributed by atoms with Gasteiger partial charge in [-0.1, -0.05) is 49.1 Å². The van der Waals surface area contributed by atoms with E-state index in [1.807, 2.05) is 31.2 Å². The molecule has 0 spiro atoms. The van der Waals surface area contributed by atoms with Crippen LogP contribution in [-0.2, 0) is 11.3 Å². The van der Waals surface area contributed by atoms with E-state index in [1.165, 1.54) is 51.6 Å². The molecule has 274 valence electrons. The Bertz CT molecular complexity index is 1980. The zero-order chi connectivity index (χ0) is 36.6. The first kappa shape index (κ1) is 36.7. The number of hydrogen-bond donors (Lipinski definition) is 2. The largest absolute Gasteiger partial charge is 0.492 e. The van der Waals surface area contributed by atoms with Gasteiger partial charge in [0.25, 0.3) is 5.91 Å². The third-order valence-electron chi connectivity index (χ3n) is 8.94. The number of benzene rings is 2. The molecular formula is C37H41ClF2N8O4. The van der Waals surface area contributed by atoms with Crippen molar-refractivity contribution in [2.24, 2.45) is 0 Å². The van der Waals surface area contributed by atoms with Gasteiger partial charge in [-0.2, -0.15) is 19.0 Å². The Morgan fingerprint density at radius 2 is 1.90 bits per heavy atom. The summed E-state index contributed by atoms with van der Waals surface area (Å²) in [5.41, 5.74) is 2.05. The number of alkyl halides is 2. The van der Waals surface area contributed by atoms with Crippen LogP contribution < -0.4 is 20.1 Å². The molecule has 0 aliphatic carbocycles. The Labute approximate surface area is 305 Å². The Kier molecular flexibility index (Phi) is 12.0. The van der Waals surface area contributed by atoms with Gasteiger partial charge in [0.2, 0.25) is 5.91 Å². The molecule has 1 fully saturated rings. The number of aromatic nitrogens is 5. The number of rotatable bonds is 15. The summed E-state index contributed by atoms with van der Waals surface area (Å²) in [5, 5.41) is 15.5. The van der Waals surface area contributed by atoms with Gasteiger partial charge in [0.1, 0.15) is 35.9 Å². The lowest BCUT2D eigenvalue weighted by Gasteiger charge is -2.34. The van der Waals surface area contributed by atoms with E-state index in [0.717, 1.165) is 37.9 Å². The van der Waals surface area contributed by atoms with Gasteiger partial charge in [-0.05, 0) is 62.6 Å². The van der Waals surface area contributed by atoms with E-state index in [2.05, 4.69) is 32.7 Å². The summed E-state index contributed by atoms with van der Waals surface area (Å²) in [6.07, 6.45) is 10.8. The van der Waals surface area contributed by atoms with Gasteiger partial charge >= 0.3 is 6.61 Å². The number of aryl methyl sites for hydroxylation is 1. The maximum Gasteiger partial charge on any atom is 0.387 e. The molecule has 0 radical (unpaired) electrons. The van der Waals surface area contributed by atoms with E-state index in [-0.39, 0.29) is 57.8 Å². The second kappa shape index (κ2) is 17.0. The van der Waals surface area contributed by atoms with Crippen molar-refractivity contribution in [3.8, 4) is 22.8 Å². The van der Waals surface area contributed by atoms with Gasteiger partial charge in [-0.15, -0.1) is 0 Å². The standard InChI is InChI=1S/C37H41ClF2N8O4/c1-3-4-6-27(23-51-28-10-7-24(2)8-11-28)43-26-13-17-46(18-14-26)33(49)22-47-21-31(44-36(50)30-20-42-48-16-5-15-41-35(30)48)34(45-47)29-19-25(38)9-12-32(29)52-37(39)40/h5,7-12,15-16,19-21,26-27,37,43H,3-4,6,13-14,17-18,22-23H2,1-2H3,(H,44,50). The van der Waals surface area contributed by atoms with Gasteiger partial charge in [0.05, 0.1) is 11.9 Å². The molecule has 6 rings (SSSR count). The second-order valence-electron chi connectivity index (χ2n) is 12.8. The summed E-state index contributed by atoms with van der Waals surface area (Å²) in [4.78, 5) is 33.1. The van der Waals surface area contributed by atoms with Crippen LogP contribution in [0.2, 0.25) is 5.02 Å². The molecule has 3 aromatic heterocycles. The molecular weight excluding hydrogens is 694 g/mol. The van der Waals surface area contributed by atoms with E-state index in [1.54, 1.807) is 17.2 Å². The summed E-state index contributed by atoms with van der Waals surface area (Å²) in [5.74, 6) is -0.0764. The van der Waals surface area contributed by atoms with E-state index < -0.39 is 12.5 Å². The fourth-order valence-corrected chi connectivity index (χ4v) is 6.39. The van der Waals surface area contributed by atoms with Gasteiger partial charge in [-0.25, -0.2) is 9.50 Å². The highest BCUT2D eigenvalue weighted by Crippen LogP contribution is 2.37. The van der Waals surface area contributed by atoms with Crippen LogP contribution in [0, 0.1) is 6.92 Å². The summed E-state index contributed by atoms with van der Waals surface area (Å²) in [6, 6.07) is 14.3. The minimum atomic E-state index is -3.12. The monoisotopic (exact) mass is 734 g/mol. The van der Waals surface area contributed by atoms with Crippen molar-refractivity contribution >= 4 is 34.7 Å². The average molecular weight is 735 g/mol. The third-order valence-corrected chi connectivity index (χ3v) is 9.18. The number of ether oxygens (including phenoxy) is 2. The predicted molar refractivity (Wildman–Crippen MR) is 193 cm³/mol. The van der Waals surface area contributed by atoms with E-state index in [9.17, 15) is 18.4 Å². The smallest absolute Gasteiger partial charge is 0.387 e. The van der Waals surface area contributed by atoms with Crippen LogP contribution in [-0.4, -0.2) is 79.5 Å². The first-order valence-electron chi connectivity index (χ1n) is 17.3. The normalized spacial score (nSPS) is 14.2. The average Bonchev–Trinajstić information content (AvgIpc) is 3.75. The molecule has 1 aliphatic rings. The first-order valence-corrected chi connectivity index (χ1v) is 17.7. The number of halogens is 3. The lowest BCUT2D eigenvalue weighted by molar-refractivity contribution is -0.133. The summed E-state index contributed by atoms with van der Waals surface area (Å²) in [7, 11) is 0. The van der Waals surface area contributed by atoms with Crippen molar-refractivity contribution in [3.63, 3.8) is 0 Å². The number of fused-ring (bicyclic) bond motifs is 1. The third kappa shape index (κ3) is 9.22. The topological polar surface area (TPSA) is 128 Å². The van der Waals surface area contributed by atoms with Gasteiger partial charge < -0.3 is 25.0 Å². The number of carbonyl (C=O) groups excluding carboxylic acids is 2. The first-order chi connectivity index (χ1) is 25.2. The number of carbonyl (C=O) groups is 2. The Balaban J connectivity index is 1.14. The minimum absolute atomic E-state index is 0.0950. The van der Waals surface area contributed by atoms with Crippen molar-refractivity contribution in [2.45, 2.75) is 71.2 Å². The molecule has 5 aromatic rings. The van der Waals surface area contributed by atoms with Crippen LogP contribution in [0.4, 0.5) is 14.5 Å². The highest BCUT2D eigenvalue weighted by molar-refractivity contribution is 6.31. The fourth-order valence-electron chi connectivity index (χ4n) is 6.22. The van der Waals surface area contributed by atoms with Crippen molar-refractivity contribution in [1.29, 1.82) is 0 Å². The number of amides is 2. The van der Waals surface area contributed by atoms with Gasteiger partial charge in [-0.3, -0.25) is 14.3 Å². The van der Waals surface area contributed by atoms with Crippen molar-refractivity contribution in [2.75, 3.05) is 25.0 Å². The summed E-state index contributed by atoms with van der Waals surface area (Å²) < 4.78 is 40.5. The molecule has 15 heteroatoms. The zero-order valence-corrected chi connectivity index (χ0v) is 29.7. The molecule has 1 unspecified atom stereocenters. The highest BCUT2D eigenvalue weighted by Gasteiger charge is 2.27. The van der Waals surface area contributed by atoms with Crippen LogP contribution >= 0.6 is 11.6 Å². The highest BCUT2D eigenvalue weighted by atomic mass is 35.5. The van der Waals surface area contributed by atoms with Crippen molar-refractivity contribution < 1.29 is 27.8 Å². The molecule has 1 aliphatic heterocycles. The molecule has 2 aromatic carbocycles. The van der Waals surface area contributed by atoms with E-state index >= 15 is 0 Å². The fraction of sp³-hybridized carbons (Fsp3) is 0.378. The second-order valence-corrected chi connectivity index (χ2v) is 13.2. The number of anilines is 1. The number of nitrogens with zero attached hydrogens (tertiary/aromatic N) is 6. The lowest BCUT2D eigenvalue weighted by atomic mass is 10.0. The molecule has 1 atom stereocenters. The van der Waals surface area contributed by atoms with Crippen molar-refractivity contribution in [1.82, 2.24) is 34.6 Å². The van der Waals surface area contributed by atoms with E-state index in [0.29, 0.717) is 25.3 Å². The number of piperidine rings is 1. The van der Waals surface area contributed by atoms with Gasteiger partial charge in [0.15, 0.2) is 5.65 Å².